The summed E-state index contributed by atoms with van der Waals surface area (Å²) in [5.41, 5.74) is 3.00. The van der Waals surface area contributed by atoms with Crippen LogP contribution in [-0.2, 0) is 16.1 Å². The number of hydrogen-bond donors (Lipinski definition) is 1. The van der Waals surface area contributed by atoms with E-state index in [2.05, 4.69) is 10.3 Å². The van der Waals surface area contributed by atoms with Gasteiger partial charge in [-0.2, -0.15) is 0 Å². The molecule has 1 atom stereocenters. The zero-order chi connectivity index (χ0) is 18.1. The summed E-state index contributed by atoms with van der Waals surface area (Å²) >= 11 is 6.23. The van der Waals surface area contributed by atoms with Crippen molar-refractivity contribution in [1.29, 1.82) is 0 Å². The number of carbonyl (C=O) groups excluding carboxylic acids is 1. The molecule has 1 aliphatic rings. The maximum Gasteiger partial charge on any atom is 0.249 e. The van der Waals surface area contributed by atoms with E-state index in [1.807, 2.05) is 36.4 Å². The van der Waals surface area contributed by atoms with Gasteiger partial charge in [-0.3, -0.25) is 4.79 Å². The van der Waals surface area contributed by atoms with Gasteiger partial charge in [-0.25, -0.2) is 4.98 Å². The average molecular weight is 372 g/mol. The lowest BCUT2D eigenvalue weighted by Gasteiger charge is -2.18. The lowest BCUT2D eigenvalue weighted by molar-refractivity contribution is -0.117. The fraction of sp³-hybridized carbons (Fsp3) is 0.263. The number of anilines is 2. The van der Waals surface area contributed by atoms with Gasteiger partial charge in [-0.1, -0.05) is 23.7 Å². The Hall–Kier alpha value is -2.57. The van der Waals surface area contributed by atoms with Crippen molar-refractivity contribution in [2.75, 3.05) is 23.9 Å². The Bertz CT molecular complexity index is 956. The summed E-state index contributed by atoms with van der Waals surface area (Å²) in [6.07, 6.45) is 0.704. The Morgan fingerprint density at radius 3 is 3.00 bits per heavy atom. The van der Waals surface area contributed by atoms with Gasteiger partial charge < -0.3 is 19.4 Å². The van der Waals surface area contributed by atoms with Crippen molar-refractivity contribution in [3.63, 3.8) is 0 Å². The topological polar surface area (TPSA) is 67.6 Å². The van der Waals surface area contributed by atoms with Crippen LogP contribution in [0.2, 0.25) is 5.02 Å². The predicted molar refractivity (Wildman–Crippen MR) is 101 cm³/mol. The fourth-order valence-electron chi connectivity index (χ4n) is 3.18. The number of ether oxygens (including phenoxy) is 1. The molecule has 4 rings (SSSR count). The molecule has 0 spiro atoms. The number of para-hydroxylation sites is 1. The number of nitrogens with one attached hydrogen (secondary N) is 1. The van der Waals surface area contributed by atoms with E-state index < -0.39 is 0 Å². The maximum atomic E-state index is 12.8. The molecule has 1 fully saturated rings. The van der Waals surface area contributed by atoms with E-state index in [-0.39, 0.29) is 11.9 Å². The van der Waals surface area contributed by atoms with Gasteiger partial charge in [0.2, 0.25) is 11.8 Å². The van der Waals surface area contributed by atoms with Crippen LogP contribution in [0.3, 0.4) is 0 Å². The van der Waals surface area contributed by atoms with Crippen LogP contribution in [-0.4, -0.2) is 30.6 Å². The molecule has 26 heavy (non-hydrogen) atoms. The highest BCUT2D eigenvalue weighted by atomic mass is 35.5. The molecule has 1 N–H and O–H groups in total. The number of nitrogens with zero attached hydrogens (tertiary/aromatic N) is 2. The third kappa shape index (κ3) is 3.13. The standard InChI is InChI=1S/C19H18ClN3O3/c1-25-11-18-22-15-10-12(6-7-17(15)26-18)21-14-8-9-23(19(14)24)16-5-3-2-4-13(16)20/h2-7,10,14,21H,8-9,11H2,1H3. The van der Waals surface area contributed by atoms with Crippen molar-refractivity contribution in [1.82, 2.24) is 4.98 Å². The molecule has 0 bridgehead atoms. The minimum absolute atomic E-state index is 0.0124. The molecule has 1 aromatic heterocycles. The van der Waals surface area contributed by atoms with Crippen LogP contribution in [0.1, 0.15) is 12.3 Å². The van der Waals surface area contributed by atoms with Crippen LogP contribution in [0, 0.1) is 0 Å². The number of aromatic nitrogens is 1. The lowest BCUT2D eigenvalue weighted by atomic mass is 10.2. The van der Waals surface area contributed by atoms with Gasteiger partial charge in [0.05, 0.1) is 10.7 Å². The van der Waals surface area contributed by atoms with Crippen molar-refractivity contribution < 1.29 is 13.9 Å². The minimum atomic E-state index is -0.297. The Balaban J connectivity index is 1.51. The molecule has 6 nitrogen and oxygen atoms in total. The lowest BCUT2D eigenvalue weighted by Crippen LogP contribution is -2.33. The normalized spacial score (nSPS) is 17.2. The number of amides is 1. The van der Waals surface area contributed by atoms with E-state index >= 15 is 0 Å². The van der Waals surface area contributed by atoms with Crippen LogP contribution in [0.25, 0.3) is 11.1 Å². The van der Waals surface area contributed by atoms with Crippen molar-refractivity contribution in [3.05, 3.63) is 53.4 Å². The maximum absolute atomic E-state index is 12.8. The third-order valence-corrected chi connectivity index (χ3v) is 4.71. The first kappa shape index (κ1) is 16.9. The summed E-state index contributed by atoms with van der Waals surface area (Å²) in [4.78, 5) is 18.9. The number of halogens is 1. The second kappa shape index (κ2) is 6.97. The van der Waals surface area contributed by atoms with Crippen LogP contribution in [0.15, 0.2) is 46.9 Å². The zero-order valence-corrected chi connectivity index (χ0v) is 15.0. The number of benzene rings is 2. The molecule has 1 saturated heterocycles. The molecular weight excluding hydrogens is 354 g/mol. The predicted octanol–water partition coefficient (Wildman–Crippen LogP) is 3.85. The molecule has 2 heterocycles. The average Bonchev–Trinajstić information content (AvgIpc) is 3.19. The SMILES string of the molecule is COCc1nc2cc(NC3CCN(c4ccccc4Cl)C3=O)ccc2o1. The molecule has 3 aromatic rings. The first-order chi connectivity index (χ1) is 12.7. The molecule has 7 heteroatoms. The molecule has 0 radical (unpaired) electrons. The number of hydrogen-bond acceptors (Lipinski definition) is 5. The van der Waals surface area contributed by atoms with E-state index in [9.17, 15) is 4.79 Å². The molecule has 1 amide bonds. The van der Waals surface area contributed by atoms with E-state index in [0.717, 1.165) is 16.9 Å². The van der Waals surface area contributed by atoms with Gasteiger partial charge in [0, 0.05) is 19.3 Å². The van der Waals surface area contributed by atoms with Crippen LogP contribution in [0.4, 0.5) is 11.4 Å². The van der Waals surface area contributed by atoms with E-state index in [1.54, 1.807) is 18.1 Å². The summed E-state index contributed by atoms with van der Waals surface area (Å²) in [7, 11) is 1.60. The number of rotatable bonds is 5. The molecule has 0 aliphatic carbocycles. The molecule has 2 aromatic carbocycles. The van der Waals surface area contributed by atoms with Crippen molar-refractivity contribution in [2.24, 2.45) is 0 Å². The van der Waals surface area contributed by atoms with Crippen molar-refractivity contribution in [3.8, 4) is 0 Å². The zero-order valence-electron chi connectivity index (χ0n) is 14.2. The van der Waals surface area contributed by atoms with E-state index in [1.165, 1.54) is 0 Å². The Labute approximate surface area is 155 Å². The van der Waals surface area contributed by atoms with Gasteiger partial charge in [0.15, 0.2) is 5.58 Å². The molecule has 1 unspecified atom stereocenters. The second-order valence-electron chi connectivity index (χ2n) is 6.15. The summed E-state index contributed by atoms with van der Waals surface area (Å²) in [5.74, 6) is 0.542. The fourth-order valence-corrected chi connectivity index (χ4v) is 3.41. The van der Waals surface area contributed by atoms with Gasteiger partial charge in [-0.15, -0.1) is 0 Å². The first-order valence-electron chi connectivity index (χ1n) is 8.36. The van der Waals surface area contributed by atoms with Crippen molar-refractivity contribution >= 4 is 40.0 Å². The van der Waals surface area contributed by atoms with Crippen molar-refractivity contribution in [2.45, 2.75) is 19.1 Å². The van der Waals surface area contributed by atoms with Gasteiger partial charge in [0.25, 0.3) is 0 Å². The summed E-state index contributed by atoms with van der Waals surface area (Å²) in [6.45, 7) is 0.954. The van der Waals surface area contributed by atoms with E-state index in [4.69, 9.17) is 20.8 Å². The summed E-state index contributed by atoms with van der Waals surface area (Å²) < 4.78 is 10.6. The van der Waals surface area contributed by atoms with Gasteiger partial charge >= 0.3 is 0 Å². The molecule has 0 saturated carbocycles. The Morgan fingerprint density at radius 2 is 2.19 bits per heavy atom. The largest absolute Gasteiger partial charge is 0.438 e. The molecular formula is C19H18ClN3O3. The number of methoxy groups -OCH3 is 1. The first-order valence-corrected chi connectivity index (χ1v) is 8.74. The van der Waals surface area contributed by atoms with Crippen LogP contribution < -0.4 is 10.2 Å². The summed E-state index contributed by atoms with van der Waals surface area (Å²) in [5, 5.41) is 3.88. The monoisotopic (exact) mass is 371 g/mol. The molecule has 134 valence electrons. The Kier molecular flexibility index (Phi) is 4.53. The Morgan fingerprint density at radius 1 is 1.35 bits per heavy atom. The highest BCUT2D eigenvalue weighted by molar-refractivity contribution is 6.34. The summed E-state index contributed by atoms with van der Waals surface area (Å²) in [6, 6.07) is 12.7. The number of oxazole rings is 1. The number of carbonyl (C=O) groups is 1. The van der Waals surface area contributed by atoms with Crippen LogP contribution >= 0.6 is 11.6 Å². The van der Waals surface area contributed by atoms with Crippen LogP contribution in [0.5, 0.6) is 0 Å². The number of fused-ring (bicyclic) bond motifs is 1. The minimum Gasteiger partial charge on any atom is -0.438 e. The molecule has 1 aliphatic heterocycles. The quantitative estimate of drug-likeness (QED) is 0.738. The van der Waals surface area contributed by atoms with Gasteiger partial charge in [-0.05, 0) is 36.8 Å². The highest BCUT2D eigenvalue weighted by Crippen LogP contribution is 2.30. The van der Waals surface area contributed by atoms with Gasteiger partial charge in [0.1, 0.15) is 18.2 Å². The third-order valence-electron chi connectivity index (χ3n) is 4.39. The second-order valence-corrected chi connectivity index (χ2v) is 6.56. The smallest absolute Gasteiger partial charge is 0.249 e. The van der Waals surface area contributed by atoms with E-state index in [0.29, 0.717) is 36.1 Å². The highest BCUT2D eigenvalue weighted by Gasteiger charge is 2.33.